The van der Waals surface area contributed by atoms with Crippen molar-refractivity contribution in [2.75, 3.05) is 13.1 Å². The predicted octanol–water partition coefficient (Wildman–Crippen LogP) is 3.30. The second kappa shape index (κ2) is 15.5. The van der Waals surface area contributed by atoms with Gasteiger partial charge in [0.1, 0.15) is 12.1 Å². The van der Waals surface area contributed by atoms with Gasteiger partial charge < -0.3 is 31.2 Å². The molecule has 236 valence electrons. The maximum Gasteiger partial charge on any atom is 0.251 e. The van der Waals surface area contributed by atoms with Crippen LogP contribution in [0.5, 0.6) is 0 Å². The fraction of sp³-hybridized carbons (Fsp3) is 0.333. The first-order valence-electron chi connectivity index (χ1n) is 15.0. The Labute approximate surface area is 262 Å². The summed E-state index contributed by atoms with van der Waals surface area (Å²) in [7, 11) is 0. The summed E-state index contributed by atoms with van der Waals surface area (Å²) >= 11 is 0. The highest BCUT2D eigenvalue weighted by Crippen LogP contribution is 2.18. The van der Waals surface area contributed by atoms with E-state index in [0.29, 0.717) is 30.6 Å². The van der Waals surface area contributed by atoms with E-state index in [1.807, 2.05) is 52.0 Å². The average molecular weight is 613 g/mol. The first-order chi connectivity index (χ1) is 21.6. The molecule has 45 heavy (non-hydrogen) atoms. The Hall–Kier alpha value is -5.26. The van der Waals surface area contributed by atoms with Crippen molar-refractivity contribution in [3.63, 3.8) is 0 Å². The Morgan fingerprint density at radius 2 is 1.00 bits per heavy atom. The van der Waals surface area contributed by atoms with Crippen molar-refractivity contribution in [3.05, 3.63) is 84.7 Å². The zero-order chi connectivity index (χ0) is 32.3. The van der Waals surface area contributed by atoms with Gasteiger partial charge in [0.05, 0.1) is 36.4 Å². The van der Waals surface area contributed by atoms with Crippen molar-refractivity contribution >= 4 is 23.6 Å². The highest BCUT2D eigenvalue weighted by molar-refractivity contribution is 5.98. The molecule has 0 aliphatic rings. The largest absolute Gasteiger partial charge is 0.354 e. The van der Waals surface area contributed by atoms with Crippen LogP contribution in [0.15, 0.2) is 73.6 Å². The van der Waals surface area contributed by atoms with Crippen molar-refractivity contribution in [1.82, 2.24) is 41.2 Å². The SMILES string of the molecule is CC(C)[C@H](NC(=O)c1ccc(-c2cnc[nH]2)cc1)C(=O)NCCCNC(=O)[C@@H](NC(=O)c1ccc(-c2cnc[nH]2)cc1)C(C)C. The standard InChI is InChI=1S/C33H40N8O4/c1-20(2)28(40-30(42)24-10-6-22(7-11-24)26-16-34-18-38-26)32(44)36-14-5-15-37-33(45)29(21(3)4)41-31(43)25-12-8-23(9-13-25)27-17-35-19-39-27/h6-13,16-21,28-29H,5,14-15H2,1-4H3,(H,34,38)(H,35,39)(H,36,44)(H,37,45)(H,40,42)(H,41,43)/t28-,29-/m0/s1. The third-order valence-electron chi connectivity index (χ3n) is 7.34. The number of H-pyrrole nitrogens is 2. The summed E-state index contributed by atoms with van der Waals surface area (Å²) in [6.07, 6.45) is 7.04. The topological polar surface area (TPSA) is 174 Å². The van der Waals surface area contributed by atoms with E-state index in [4.69, 9.17) is 0 Å². The lowest BCUT2D eigenvalue weighted by Gasteiger charge is -2.23. The van der Waals surface area contributed by atoms with Crippen LogP contribution < -0.4 is 21.3 Å². The van der Waals surface area contributed by atoms with E-state index < -0.39 is 12.1 Å². The first kappa shape index (κ1) is 32.6. The van der Waals surface area contributed by atoms with Crippen LogP contribution in [0.2, 0.25) is 0 Å². The number of hydrogen-bond acceptors (Lipinski definition) is 6. The van der Waals surface area contributed by atoms with Crippen molar-refractivity contribution in [2.45, 2.75) is 46.2 Å². The van der Waals surface area contributed by atoms with E-state index in [-0.39, 0.29) is 35.5 Å². The average Bonchev–Trinajstić information content (AvgIpc) is 3.77. The number of aromatic amines is 2. The number of benzene rings is 2. The molecule has 0 bridgehead atoms. The van der Waals surface area contributed by atoms with Gasteiger partial charge in [-0.05, 0) is 53.6 Å². The van der Waals surface area contributed by atoms with Crippen molar-refractivity contribution in [1.29, 1.82) is 0 Å². The highest BCUT2D eigenvalue weighted by atomic mass is 16.2. The minimum atomic E-state index is -0.728. The van der Waals surface area contributed by atoms with E-state index in [2.05, 4.69) is 41.2 Å². The van der Waals surface area contributed by atoms with Gasteiger partial charge in [0.25, 0.3) is 11.8 Å². The first-order valence-corrected chi connectivity index (χ1v) is 15.0. The molecular formula is C33H40N8O4. The minimum Gasteiger partial charge on any atom is -0.354 e. The summed E-state index contributed by atoms with van der Waals surface area (Å²) in [4.78, 5) is 65.6. The number of amides is 4. The molecule has 12 heteroatoms. The van der Waals surface area contributed by atoms with Crippen molar-refractivity contribution in [3.8, 4) is 22.5 Å². The lowest BCUT2D eigenvalue weighted by molar-refractivity contribution is -0.124. The van der Waals surface area contributed by atoms with Gasteiger partial charge in [0.2, 0.25) is 11.8 Å². The van der Waals surface area contributed by atoms with Crippen LogP contribution in [0.4, 0.5) is 0 Å². The van der Waals surface area contributed by atoms with Crippen LogP contribution >= 0.6 is 0 Å². The Bertz CT molecular complexity index is 1430. The highest BCUT2D eigenvalue weighted by Gasteiger charge is 2.26. The Morgan fingerprint density at radius 3 is 1.31 bits per heavy atom. The Kier molecular flexibility index (Phi) is 11.2. The van der Waals surface area contributed by atoms with Crippen LogP contribution in [0.3, 0.4) is 0 Å². The van der Waals surface area contributed by atoms with Crippen molar-refractivity contribution < 1.29 is 19.2 Å². The molecule has 2 heterocycles. The molecule has 0 aliphatic heterocycles. The van der Waals surface area contributed by atoms with E-state index in [9.17, 15) is 19.2 Å². The third-order valence-corrected chi connectivity index (χ3v) is 7.34. The number of aromatic nitrogens is 4. The molecule has 0 unspecified atom stereocenters. The molecule has 4 rings (SSSR count). The van der Waals surface area contributed by atoms with Gasteiger partial charge in [-0.15, -0.1) is 0 Å². The number of rotatable bonds is 14. The van der Waals surface area contributed by atoms with Crippen LogP contribution in [0, 0.1) is 11.8 Å². The summed E-state index contributed by atoms with van der Waals surface area (Å²) in [5.41, 5.74) is 4.36. The van der Waals surface area contributed by atoms with Gasteiger partial charge in [-0.2, -0.15) is 0 Å². The second-order valence-corrected chi connectivity index (χ2v) is 11.4. The quantitative estimate of drug-likeness (QED) is 0.119. The maximum atomic E-state index is 12.9. The molecule has 4 aromatic rings. The second-order valence-electron chi connectivity index (χ2n) is 11.4. The van der Waals surface area contributed by atoms with Gasteiger partial charge in [-0.3, -0.25) is 19.2 Å². The summed E-state index contributed by atoms with van der Waals surface area (Å²) < 4.78 is 0. The third kappa shape index (κ3) is 8.88. The molecule has 0 saturated carbocycles. The molecule has 2 aromatic heterocycles. The molecule has 0 radical (unpaired) electrons. The predicted molar refractivity (Wildman–Crippen MR) is 171 cm³/mol. The van der Waals surface area contributed by atoms with Crippen LogP contribution in [-0.2, 0) is 9.59 Å². The van der Waals surface area contributed by atoms with E-state index in [1.54, 1.807) is 49.3 Å². The van der Waals surface area contributed by atoms with Gasteiger partial charge in [-0.25, -0.2) is 9.97 Å². The van der Waals surface area contributed by atoms with E-state index in [1.165, 1.54) is 0 Å². The van der Waals surface area contributed by atoms with Gasteiger partial charge in [0.15, 0.2) is 0 Å². The Balaban J connectivity index is 1.21. The number of hydrogen-bond donors (Lipinski definition) is 6. The lowest BCUT2D eigenvalue weighted by atomic mass is 10.0. The van der Waals surface area contributed by atoms with Gasteiger partial charge in [-0.1, -0.05) is 52.0 Å². The molecule has 12 nitrogen and oxygen atoms in total. The molecule has 0 aliphatic carbocycles. The van der Waals surface area contributed by atoms with Crippen LogP contribution in [0.25, 0.3) is 22.5 Å². The number of carbonyl (C=O) groups is 4. The van der Waals surface area contributed by atoms with E-state index in [0.717, 1.165) is 22.5 Å². The molecule has 4 amide bonds. The Morgan fingerprint density at radius 1 is 0.622 bits per heavy atom. The smallest absolute Gasteiger partial charge is 0.251 e. The lowest BCUT2D eigenvalue weighted by Crippen LogP contribution is -2.51. The maximum absolute atomic E-state index is 12.9. The van der Waals surface area contributed by atoms with Gasteiger partial charge >= 0.3 is 0 Å². The van der Waals surface area contributed by atoms with Crippen molar-refractivity contribution in [2.24, 2.45) is 11.8 Å². The summed E-state index contributed by atoms with van der Waals surface area (Å²) in [6.45, 7) is 8.05. The number of nitrogens with zero attached hydrogens (tertiary/aromatic N) is 2. The monoisotopic (exact) mass is 612 g/mol. The molecular weight excluding hydrogens is 572 g/mol. The summed E-state index contributed by atoms with van der Waals surface area (Å²) in [6, 6.07) is 12.6. The molecule has 2 aromatic carbocycles. The van der Waals surface area contributed by atoms with Gasteiger partial charge in [0, 0.05) is 24.2 Å². The molecule has 0 fully saturated rings. The summed E-state index contributed by atoms with van der Waals surface area (Å²) in [5.74, 6) is -1.58. The zero-order valence-electron chi connectivity index (χ0n) is 25.9. The van der Waals surface area contributed by atoms with Crippen LogP contribution in [-0.4, -0.2) is 68.7 Å². The number of nitrogens with one attached hydrogen (secondary N) is 6. The number of carbonyl (C=O) groups excluding carboxylic acids is 4. The zero-order valence-corrected chi connectivity index (χ0v) is 25.9. The number of imidazole rings is 2. The minimum absolute atomic E-state index is 0.144. The molecule has 6 N–H and O–H groups in total. The molecule has 2 atom stereocenters. The molecule has 0 saturated heterocycles. The molecule has 0 spiro atoms. The van der Waals surface area contributed by atoms with Crippen LogP contribution in [0.1, 0.15) is 54.8 Å². The fourth-order valence-corrected chi connectivity index (χ4v) is 4.68. The van der Waals surface area contributed by atoms with E-state index >= 15 is 0 Å². The normalized spacial score (nSPS) is 12.4. The summed E-state index contributed by atoms with van der Waals surface area (Å²) in [5, 5.41) is 11.4. The fourth-order valence-electron chi connectivity index (χ4n) is 4.68.